The molecule has 0 spiro atoms. The van der Waals surface area contributed by atoms with Crippen molar-refractivity contribution in [3.05, 3.63) is 24.2 Å². The summed E-state index contributed by atoms with van der Waals surface area (Å²) in [6.07, 6.45) is 5.18. The van der Waals surface area contributed by atoms with Gasteiger partial charge < -0.3 is 15.1 Å². The van der Waals surface area contributed by atoms with E-state index >= 15 is 0 Å². The number of hydrogen-bond donors (Lipinski definition) is 2. The monoisotopic (exact) mass is 451 g/mol. The van der Waals surface area contributed by atoms with Gasteiger partial charge in [0.25, 0.3) is 0 Å². The van der Waals surface area contributed by atoms with E-state index in [-0.39, 0.29) is 24.0 Å². The number of furan rings is 1. The van der Waals surface area contributed by atoms with Crippen LogP contribution >= 0.6 is 35.7 Å². The second kappa shape index (κ2) is 10.5. The molecule has 1 fully saturated rings. The molecule has 0 aromatic carbocycles. The molecule has 2 heterocycles. The van der Waals surface area contributed by atoms with Crippen LogP contribution in [0.4, 0.5) is 0 Å². The highest BCUT2D eigenvalue weighted by Crippen LogP contribution is 2.37. The van der Waals surface area contributed by atoms with Gasteiger partial charge in [0.05, 0.1) is 12.8 Å². The van der Waals surface area contributed by atoms with Crippen LogP contribution in [0.15, 0.2) is 27.8 Å². The number of hydrogen-bond acceptors (Lipinski definition) is 3. The molecule has 1 aliphatic heterocycles. The van der Waals surface area contributed by atoms with Crippen molar-refractivity contribution in [3.63, 3.8) is 0 Å². The highest BCUT2D eigenvalue weighted by atomic mass is 127. The van der Waals surface area contributed by atoms with Crippen molar-refractivity contribution in [2.45, 2.75) is 44.8 Å². The van der Waals surface area contributed by atoms with E-state index in [1.165, 1.54) is 18.6 Å². The minimum atomic E-state index is 0. The lowest BCUT2D eigenvalue weighted by Gasteiger charge is -2.21. The van der Waals surface area contributed by atoms with E-state index < -0.39 is 0 Å². The Morgan fingerprint density at radius 3 is 2.87 bits per heavy atom. The molecule has 2 rings (SSSR count). The first kappa shape index (κ1) is 20.7. The standard InChI is InChI=1S/C17H29N3OS.HI/c1-14(2)12-19-16(18-9-7-15-6-4-10-21-15)20-13-17(3)8-5-11-22-17;/h4,6,10,14H,5,7-9,11-13H2,1-3H3,(H2,18,19,20);1H. The topological polar surface area (TPSA) is 49.6 Å². The average molecular weight is 451 g/mol. The van der Waals surface area contributed by atoms with Gasteiger partial charge in [0, 0.05) is 24.3 Å². The number of halogens is 1. The van der Waals surface area contributed by atoms with Crippen molar-refractivity contribution in [3.8, 4) is 0 Å². The fourth-order valence-corrected chi connectivity index (χ4v) is 3.67. The van der Waals surface area contributed by atoms with Gasteiger partial charge in [0.1, 0.15) is 5.76 Å². The van der Waals surface area contributed by atoms with Crippen molar-refractivity contribution < 1.29 is 4.42 Å². The molecule has 1 unspecified atom stereocenters. The summed E-state index contributed by atoms with van der Waals surface area (Å²) in [5, 5.41) is 6.86. The van der Waals surface area contributed by atoms with Crippen molar-refractivity contribution in [1.82, 2.24) is 10.6 Å². The van der Waals surface area contributed by atoms with Gasteiger partial charge in [-0.3, -0.25) is 4.99 Å². The summed E-state index contributed by atoms with van der Waals surface area (Å²) in [7, 11) is 0. The Labute approximate surface area is 161 Å². The predicted molar refractivity (Wildman–Crippen MR) is 111 cm³/mol. The van der Waals surface area contributed by atoms with Crippen LogP contribution in [0, 0.1) is 5.92 Å². The summed E-state index contributed by atoms with van der Waals surface area (Å²) in [5.74, 6) is 3.81. The van der Waals surface area contributed by atoms with E-state index in [0.29, 0.717) is 10.7 Å². The third-order valence-electron chi connectivity index (χ3n) is 3.79. The summed E-state index contributed by atoms with van der Waals surface area (Å²) in [6.45, 7) is 9.41. The van der Waals surface area contributed by atoms with Crippen LogP contribution in [-0.2, 0) is 6.42 Å². The molecule has 1 atom stereocenters. The Morgan fingerprint density at radius 2 is 2.26 bits per heavy atom. The summed E-state index contributed by atoms with van der Waals surface area (Å²) in [5.41, 5.74) is 0. The summed E-state index contributed by atoms with van der Waals surface area (Å²) >= 11 is 2.06. The first-order valence-corrected chi connectivity index (χ1v) is 9.24. The summed E-state index contributed by atoms with van der Waals surface area (Å²) < 4.78 is 5.68. The molecule has 0 aliphatic carbocycles. The van der Waals surface area contributed by atoms with Crippen molar-refractivity contribution in [2.24, 2.45) is 10.9 Å². The molecule has 0 amide bonds. The van der Waals surface area contributed by atoms with E-state index in [1.54, 1.807) is 6.26 Å². The highest BCUT2D eigenvalue weighted by Gasteiger charge is 2.29. The number of aliphatic imine (C=N–C) groups is 1. The molecule has 6 heteroatoms. The fourth-order valence-electron chi connectivity index (χ4n) is 2.44. The molecule has 0 bridgehead atoms. The van der Waals surface area contributed by atoms with Crippen LogP contribution in [0.5, 0.6) is 0 Å². The minimum absolute atomic E-state index is 0. The zero-order valence-electron chi connectivity index (χ0n) is 14.4. The molecular formula is C17H30IN3OS. The number of nitrogens with zero attached hydrogens (tertiary/aromatic N) is 1. The van der Waals surface area contributed by atoms with Gasteiger partial charge in [0.2, 0.25) is 0 Å². The van der Waals surface area contributed by atoms with Gasteiger partial charge in [-0.05, 0) is 43.6 Å². The molecule has 0 saturated carbocycles. The average Bonchev–Trinajstić information content (AvgIpc) is 3.13. The first-order valence-electron chi connectivity index (χ1n) is 8.26. The normalized spacial score (nSPS) is 21.3. The molecule has 23 heavy (non-hydrogen) atoms. The maximum absolute atomic E-state index is 5.37. The van der Waals surface area contributed by atoms with Crippen LogP contribution in [0.25, 0.3) is 0 Å². The van der Waals surface area contributed by atoms with E-state index in [9.17, 15) is 0 Å². The maximum Gasteiger partial charge on any atom is 0.191 e. The molecule has 0 radical (unpaired) electrons. The lowest BCUT2D eigenvalue weighted by Crippen LogP contribution is -2.41. The second-order valence-electron chi connectivity index (χ2n) is 6.60. The molecule has 1 aliphatic rings. The first-order chi connectivity index (χ1) is 10.6. The molecule has 1 saturated heterocycles. The van der Waals surface area contributed by atoms with Crippen molar-refractivity contribution in [2.75, 3.05) is 25.4 Å². The molecule has 132 valence electrons. The second-order valence-corrected chi connectivity index (χ2v) is 8.28. The highest BCUT2D eigenvalue weighted by molar-refractivity contribution is 14.0. The number of guanidine groups is 1. The van der Waals surface area contributed by atoms with Gasteiger partial charge in [-0.25, -0.2) is 0 Å². The number of rotatable bonds is 7. The van der Waals surface area contributed by atoms with Crippen LogP contribution in [-0.4, -0.2) is 36.1 Å². The smallest absolute Gasteiger partial charge is 0.191 e. The molecule has 1 aromatic rings. The summed E-state index contributed by atoms with van der Waals surface area (Å²) in [6, 6.07) is 3.94. The molecule has 2 N–H and O–H groups in total. The van der Waals surface area contributed by atoms with Gasteiger partial charge in [-0.2, -0.15) is 11.8 Å². The molecule has 1 aromatic heterocycles. The largest absolute Gasteiger partial charge is 0.469 e. The zero-order valence-corrected chi connectivity index (χ0v) is 17.6. The lowest BCUT2D eigenvalue weighted by atomic mass is 10.1. The quantitative estimate of drug-likeness (QED) is 0.375. The number of thioether (sulfide) groups is 1. The molecule has 4 nitrogen and oxygen atoms in total. The van der Waals surface area contributed by atoms with Gasteiger partial charge in [-0.1, -0.05) is 13.8 Å². The van der Waals surface area contributed by atoms with Crippen molar-refractivity contribution >= 4 is 41.7 Å². The Bertz CT molecular complexity index is 456. The van der Waals surface area contributed by atoms with Gasteiger partial charge in [0.15, 0.2) is 5.96 Å². The van der Waals surface area contributed by atoms with E-state index in [0.717, 1.165) is 37.8 Å². The molecular weight excluding hydrogens is 421 g/mol. The Balaban J connectivity index is 0.00000264. The van der Waals surface area contributed by atoms with E-state index in [1.807, 2.05) is 12.1 Å². The lowest BCUT2D eigenvalue weighted by molar-refractivity contribution is 0.506. The minimum Gasteiger partial charge on any atom is -0.469 e. The zero-order chi connectivity index (χ0) is 15.8. The number of nitrogens with one attached hydrogen (secondary N) is 2. The van der Waals surface area contributed by atoms with Crippen molar-refractivity contribution in [1.29, 1.82) is 0 Å². The SMILES string of the molecule is CC(C)CNC(=NCC1(C)CCCS1)NCCc1ccco1.I. The third-order valence-corrected chi connectivity index (χ3v) is 5.32. The van der Waals surface area contributed by atoms with Crippen LogP contribution in [0.3, 0.4) is 0 Å². The Morgan fingerprint density at radius 1 is 1.43 bits per heavy atom. The fraction of sp³-hybridized carbons (Fsp3) is 0.706. The Kier molecular flexibility index (Phi) is 9.43. The third kappa shape index (κ3) is 7.83. The maximum atomic E-state index is 5.37. The van der Waals surface area contributed by atoms with Gasteiger partial charge >= 0.3 is 0 Å². The predicted octanol–water partition coefficient (Wildman–Crippen LogP) is 3.92. The van der Waals surface area contributed by atoms with Gasteiger partial charge in [-0.15, -0.1) is 24.0 Å². The van der Waals surface area contributed by atoms with E-state index in [4.69, 9.17) is 9.41 Å². The Hall–Kier alpha value is -0.370. The van der Waals surface area contributed by atoms with Crippen LogP contribution in [0.1, 0.15) is 39.4 Å². The summed E-state index contributed by atoms with van der Waals surface area (Å²) in [4.78, 5) is 4.81. The van der Waals surface area contributed by atoms with Crippen LogP contribution < -0.4 is 10.6 Å². The van der Waals surface area contributed by atoms with Crippen LogP contribution in [0.2, 0.25) is 0 Å². The van der Waals surface area contributed by atoms with E-state index in [2.05, 4.69) is 43.2 Å².